The van der Waals surface area contributed by atoms with E-state index in [1.165, 1.54) is 0 Å². The van der Waals surface area contributed by atoms with Crippen molar-refractivity contribution in [3.05, 3.63) is 0 Å². The topological polar surface area (TPSA) is 0 Å². The minimum Gasteiger partial charge on any atom is -0.227 e. The number of hydrogen-bond donors (Lipinski definition) is 0. The third-order valence-electron chi connectivity index (χ3n) is 3.43. The fourth-order valence-corrected chi connectivity index (χ4v) is 2.03. The van der Waals surface area contributed by atoms with Gasteiger partial charge in [0, 0.05) is 0 Å². The summed E-state index contributed by atoms with van der Waals surface area (Å²) < 4.78 is 113. The number of halogens is 9. The van der Waals surface area contributed by atoms with E-state index >= 15 is 0 Å². The first-order valence-corrected chi connectivity index (χ1v) is 7.01. The summed E-state index contributed by atoms with van der Waals surface area (Å²) in [6.07, 6.45) is -11.9. The van der Waals surface area contributed by atoms with Crippen LogP contribution >= 0.6 is 0 Å². The first-order chi connectivity index (χ1) is 9.81. The third-order valence-corrected chi connectivity index (χ3v) is 3.43. The second-order valence-electron chi connectivity index (χ2n) is 5.24. The van der Waals surface area contributed by atoms with Crippen LogP contribution in [0.2, 0.25) is 0 Å². The molecular formula is C13H19F9. The normalized spacial score (nSPS) is 16.6. The van der Waals surface area contributed by atoms with E-state index in [4.69, 9.17) is 0 Å². The molecule has 0 N–H and O–H groups in total. The highest BCUT2D eigenvalue weighted by Gasteiger charge is 2.80. The van der Waals surface area contributed by atoms with E-state index in [-0.39, 0.29) is 6.42 Å². The van der Waals surface area contributed by atoms with Crippen molar-refractivity contribution in [1.29, 1.82) is 0 Å². The predicted octanol–water partition coefficient (Wildman–Crippen LogP) is 6.60. The number of rotatable bonds is 9. The van der Waals surface area contributed by atoms with Crippen molar-refractivity contribution in [3.8, 4) is 0 Å². The monoisotopic (exact) mass is 346 g/mol. The first-order valence-electron chi connectivity index (χ1n) is 7.01. The van der Waals surface area contributed by atoms with Crippen LogP contribution in [0.1, 0.15) is 58.3 Å². The van der Waals surface area contributed by atoms with Crippen LogP contribution in [-0.2, 0) is 0 Å². The standard InChI is InChI=1S/C13H19F9/c1-2-3-4-5-6-7-8-9-10(14,12(17,18)19)11(15,16)13(20,21)22/h2-9H2,1H3. The maximum atomic E-state index is 13.6. The average Bonchev–Trinajstić information content (AvgIpc) is 2.34. The van der Waals surface area contributed by atoms with Crippen molar-refractivity contribution >= 4 is 0 Å². The molecule has 0 rings (SSSR count). The molecule has 0 heterocycles. The van der Waals surface area contributed by atoms with Gasteiger partial charge in [-0.15, -0.1) is 0 Å². The molecule has 134 valence electrons. The molecule has 0 aliphatic carbocycles. The molecule has 1 atom stereocenters. The fourth-order valence-electron chi connectivity index (χ4n) is 2.03. The maximum Gasteiger partial charge on any atom is 0.457 e. The molecule has 0 fully saturated rings. The van der Waals surface area contributed by atoms with Gasteiger partial charge in [0.1, 0.15) is 0 Å². The highest BCUT2D eigenvalue weighted by atomic mass is 19.4. The zero-order chi connectivity index (χ0) is 17.7. The van der Waals surface area contributed by atoms with Gasteiger partial charge in [-0.3, -0.25) is 0 Å². The zero-order valence-corrected chi connectivity index (χ0v) is 12.1. The largest absolute Gasteiger partial charge is 0.457 e. The molecule has 0 aliphatic heterocycles. The highest BCUT2D eigenvalue weighted by Crippen LogP contribution is 2.54. The summed E-state index contributed by atoms with van der Waals surface area (Å²) in [6, 6.07) is 0. The van der Waals surface area contributed by atoms with Crippen LogP contribution in [0.5, 0.6) is 0 Å². The van der Waals surface area contributed by atoms with E-state index < -0.39 is 36.8 Å². The van der Waals surface area contributed by atoms with E-state index in [9.17, 15) is 39.5 Å². The molecule has 0 saturated heterocycles. The van der Waals surface area contributed by atoms with Gasteiger partial charge >= 0.3 is 18.3 Å². The summed E-state index contributed by atoms with van der Waals surface area (Å²) in [5.74, 6) is -6.47. The molecule has 0 aliphatic rings. The van der Waals surface area contributed by atoms with Gasteiger partial charge in [0.15, 0.2) is 0 Å². The van der Waals surface area contributed by atoms with Crippen LogP contribution in [0.4, 0.5) is 39.5 Å². The molecule has 0 nitrogen and oxygen atoms in total. The molecule has 0 aromatic carbocycles. The Balaban J connectivity index is 4.75. The Morgan fingerprint density at radius 1 is 0.545 bits per heavy atom. The Bertz CT molecular complexity index is 318. The predicted molar refractivity (Wildman–Crippen MR) is 63.5 cm³/mol. The lowest BCUT2D eigenvalue weighted by atomic mass is 9.89. The van der Waals surface area contributed by atoms with Crippen LogP contribution < -0.4 is 0 Å². The maximum absolute atomic E-state index is 13.6. The van der Waals surface area contributed by atoms with E-state index in [1.54, 1.807) is 0 Å². The van der Waals surface area contributed by atoms with E-state index in [1.807, 2.05) is 6.92 Å². The fraction of sp³-hybridized carbons (Fsp3) is 1.00. The van der Waals surface area contributed by atoms with Gasteiger partial charge in [-0.2, -0.15) is 35.1 Å². The molecule has 0 radical (unpaired) electrons. The highest BCUT2D eigenvalue weighted by molar-refractivity contribution is 5.03. The number of alkyl halides is 9. The van der Waals surface area contributed by atoms with E-state index in [0.29, 0.717) is 12.8 Å². The Kier molecular flexibility index (Phi) is 7.54. The lowest BCUT2D eigenvalue weighted by Gasteiger charge is -2.35. The van der Waals surface area contributed by atoms with Crippen molar-refractivity contribution in [2.45, 2.75) is 82.2 Å². The molecule has 1 unspecified atom stereocenters. The Morgan fingerprint density at radius 3 is 1.32 bits per heavy atom. The minimum absolute atomic E-state index is 0.0284. The second kappa shape index (κ2) is 7.77. The summed E-state index contributed by atoms with van der Waals surface area (Å²) in [5, 5.41) is 0. The van der Waals surface area contributed by atoms with Gasteiger partial charge in [-0.25, -0.2) is 4.39 Å². The summed E-state index contributed by atoms with van der Waals surface area (Å²) in [6.45, 7) is 1.93. The van der Waals surface area contributed by atoms with Gasteiger partial charge in [-0.1, -0.05) is 45.4 Å². The summed E-state index contributed by atoms with van der Waals surface area (Å²) >= 11 is 0. The minimum atomic E-state index is -6.60. The second-order valence-corrected chi connectivity index (χ2v) is 5.24. The van der Waals surface area contributed by atoms with Crippen LogP contribution in [0.15, 0.2) is 0 Å². The molecular weight excluding hydrogens is 327 g/mol. The summed E-state index contributed by atoms with van der Waals surface area (Å²) in [4.78, 5) is 0. The van der Waals surface area contributed by atoms with E-state index in [0.717, 1.165) is 19.3 Å². The SMILES string of the molecule is CCCCCCCCCC(F)(C(F)(F)F)C(F)(F)C(F)(F)F. The van der Waals surface area contributed by atoms with Crippen molar-refractivity contribution in [2.24, 2.45) is 0 Å². The molecule has 0 amide bonds. The quantitative estimate of drug-likeness (QED) is 0.326. The summed E-state index contributed by atoms with van der Waals surface area (Å²) in [7, 11) is 0. The van der Waals surface area contributed by atoms with Gasteiger partial charge in [0.2, 0.25) is 0 Å². The average molecular weight is 346 g/mol. The Hall–Kier alpha value is -0.630. The molecule has 0 saturated carbocycles. The smallest absolute Gasteiger partial charge is 0.227 e. The molecule has 9 heteroatoms. The third kappa shape index (κ3) is 4.94. The Morgan fingerprint density at radius 2 is 0.955 bits per heavy atom. The van der Waals surface area contributed by atoms with Gasteiger partial charge < -0.3 is 0 Å². The van der Waals surface area contributed by atoms with Gasteiger partial charge in [0.25, 0.3) is 5.67 Å². The molecule has 0 aromatic heterocycles. The van der Waals surface area contributed by atoms with Crippen LogP contribution in [0, 0.1) is 0 Å². The molecule has 0 spiro atoms. The lowest BCUT2D eigenvalue weighted by Crippen LogP contribution is -2.62. The van der Waals surface area contributed by atoms with Crippen molar-refractivity contribution < 1.29 is 39.5 Å². The van der Waals surface area contributed by atoms with Crippen LogP contribution in [0.3, 0.4) is 0 Å². The van der Waals surface area contributed by atoms with Gasteiger partial charge in [0.05, 0.1) is 0 Å². The lowest BCUT2D eigenvalue weighted by molar-refractivity contribution is -0.384. The zero-order valence-electron chi connectivity index (χ0n) is 12.1. The van der Waals surface area contributed by atoms with Crippen LogP contribution in [0.25, 0.3) is 0 Å². The van der Waals surface area contributed by atoms with Crippen molar-refractivity contribution in [1.82, 2.24) is 0 Å². The van der Waals surface area contributed by atoms with Crippen molar-refractivity contribution in [3.63, 3.8) is 0 Å². The molecule has 0 aromatic rings. The Labute approximate surface area is 123 Å². The molecule has 22 heavy (non-hydrogen) atoms. The molecule has 0 bridgehead atoms. The van der Waals surface area contributed by atoms with Crippen LogP contribution in [-0.4, -0.2) is 23.9 Å². The first kappa shape index (κ1) is 21.4. The number of unbranched alkanes of at least 4 members (excludes halogenated alkanes) is 6. The van der Waals surface area contributed by atoms with Crippen molar-refractivity contribution in [2.75, 3.05) is 0 Å². The summed E-state index contributed by atoms with van der Waals surface area (Å²) in [5.41, 5.74) is -5.60. The van der Waals surface area contributed by atoms with E-state index in [2.05, 4.69) is 0 Å². The number of hydrogen-bond acceptors (Lipinski definition) is 0. The van der Waals surface area contributed by atoms with Gasteiger partial charge in [-0.05, 0) is 12.8 Å².